The lowest BCUT2D eigenvalue weighted by atomic mass is 9.97. The van der Waals surface area contributed by atoms with Crippen molar-refractivity contribution in [2.45, 2.75) is 51.8 Å². The monoisotopic (exact) mass is 380 g/mol. The van der Waals surface area contributed by atoms with Gasteiger partial charge in [-0.15, -0.1) is 10.2 Å². The summed E-state index contributed by atoms with van der Waals surface area (Å²) in [6.45, 7) is 11.9. The average Bonchev–Trinajstić information content (AvgIpc) is 2.96. The third kappa shape index (κ3) is 4.11. The van der Waals surface area contributed by atoms with Crippen LogP contribution in [0.3, 0.4) is 0 Å². The molecule has 2 aromatic heterocycles. The van der Waals surface area contributed by atoms with Crippen LogP contribution in [0.15, 0.2) is 35.4 Å². The molecule has 140 valence electrons. The number of nitrogens with zero attached hydrogens (tertiary/aromatic N) is 4. The summed E-state index contributed by atoms with van der Waals surface area (Å²) in [4.78, 5) is 12.9. The molecule has 0 spiro atoms. The van der Waals surface area contributed by atoms with Crippen LogP contribution in [0, 0.1) is 34.6 Å². The maximum atomic E-state index is 12.9. The highest BCUT2D eigenvalue weighted by molar-refractivity contribution is 8.00. The zero-order valence-electron chi connectivity index (χ0n) is 16.6. The van der Waals surface area contributed by atoms with Crippen LogP contribution in [-0.2, 0) is 0 Å². The number of rotatable bonds is 5. The summed E-state index contributed by atoms with van der Waals surface area (Å²) in [5.41, 5.74) is 6.09. The van der Waals surface area contributed by atoms with Crippen LogP contribution in [0.1, 0.15) is 45.4 Å². The van der Waals surface area contributed by atoms with Crippen molar-refractivity contribution < 1.29 is 4.79 Å². The third-order valence-electron chi connectivity index (χ3n) is 4.63. The minimum absolute atomic E-state index is 0.116. The fraction of sp³-hybridized carbons (Fsp3) is 0.333. The van der Waals surface area contributed by atoms with Crippen molar-refractivity contribution in [1.82, 2.24) is 20.0 Å². The van der Waals surface area contributed by atoms with Gasteiger partial charge in [-0.3, -0.25) is 4.79 Å². The standard InChI is InChI=1S/C21H24N4OS/c1-12-9-14(3)18(10-13(12)2)21(26)17(6)27-20-8-7-19(22-23-20)25-16(5)11-15(4)24-25/h7-11,17H,1-6H3. The molecule has 0 aliphatic heterocycles. The van der Waals surface area contributed by atoms with E-state index in [1.807, 2.05) is 58.9 Å². The smallest absolute Gasteiger partial charge is 0.176 e. The number of hydrogen-bond donors (Lipinski definition) is 0. The molecule has 0 saturated heterocycles. The number of benzene rings is 1. The van der Waals surface area contributed by atoms with Gasteiger partial charge in [-0.1, -0.05) is 17.8 Å². The number of aryl methyl sites for hydroxylation is 5. The molecule has 0 aliphatic carbocycles. The molecular formula is C21H24N4OS. The molecule has 3 rings (SSSR count). The van der Waals surface area contributed by atoms with E-state index >= 15 is 0 Å². The Balaban J connectivity index is 1.76. The van der Waals surface area contributed by atoms with Gasteiger partial charge in [0.1, 0.15) is 5.03 Å². The lowest BCUT2D eigenvalue weighted by Gasteiger charge is -2.13. The first-order chi connectivity index (χ1) is 12.8. The lowest BCUT2D eigenvalue weighted by molar-refractivity contribution is 0.0993. The van der Waals surface area contributed by atoms with Gasteiger partial charge in [0.15, 0.2) is 11.6 Å². The molecule has 2 heterocycles. The topological polar surface area (TPSA) is 60.7 Å². The van der Waals surface area contributed by atoms with E-state index < -0.39 is 0 Å². The van der Waals surface area contributed by atoms with E-state index in [0.717, 1.165) is 33.1 Å². The van der Waals surface area contributed by atoms with Gasteiger partial charge in [0.05, 0.1) is 10.9 Å². The maximum Gasteiger partial charge on any atom is 0.176 e. The van der Waals surface area contributed by atoms with Crippen molar-refractivity contribution in [2.24, 2.45) is 0 Å². The molecule has 0 aliphatic rings. The van der Waals surface area contributed by atoms with E-state index in [0.29, 0.717) is 5.82 Å². The first-order valence-corrected chi connectivity index (χ1v) is 9.80. The van der Waals surface area contributed by atoms with Gasteiger partial charge in [-0.25, -0.2) is 4.68 Å². The first kappa shape index (κ1) is 19.3. The van der Waals surface area contributed by atoms with Gasteiger partial charge in [0.2, 0.25) is 0 Å². The van der Waals surface area contributed by atoms with E-state index in [-0.39, 0.29) is 11.0 Å². The number of aromatic nitrogens is 4. The number of hydrogen-bond acceptors (Lipinski definition) is 5. The zero-order chi connectivity index (χ0) is 19.7. The summed E-state index contributed by atoms with van der Waals surface area (Å²) in [6.07, 6.45) is 0. The van der Waals surface area contributed by atoms with E-state index in [1.54, 1.807) is 4.68 Å². The Labute approximate surface area is 164 Å². The number of carbonyl (C=O) groups is 1. The zero-order valence-corrected chi connectivity index (χ0v) is 17.4. The molecule has 0 N–H and O–H groups in total. The second-order valence-corrected chi connectivity index (χ2v) is 8.31. The molecule has 0 saturated carbocycles. The van der Waals surface area contributed by atoms with Gasteiger partial charge in [0, 0.05) is 11.3 Å². The maximum absolute atomic E-state index is 12.9. The second-order valence-electron chi connectivity index (χ2n) is 6.94. The van der Waals surface area contributed by atoms with Crippen LogP contribution in [0.25, 0.3) is 5.82 Å². The summed E-state index contributed by atoms with van der Waals surface area (Å²) in [5.74, 6) is 0.791. The molecule has 5 nitrogen and oxygen atoms in total. The summed E-state index contributed by atoms with van der Waals surface area (Å²) in [6, 6.07) is 9.83. The lowest BCUT2D eigenvalue weighted by Crippen LogP contribution is -2.16. The fourth-order valence-corrected chi connectivity index (χ4v) is 3.86. The largest absolute Gasteiger partial charge is 0.293 e. The molecule has 1 atom stereocenters. The summed E-state index contributed by atoms with van der Waals surface area (Å²) in [7, 11) is 0. The minimum atomic E-state index is -0.236. The molecule has 1 aromatic carbocycles. The second kappa shape index (κ2) is 7.64. The first-order valence-electron chi connectivity index (χ1n) is 8.92. The van der Waals surface area contributed by atoms with Crippen LogP contribution in [0.5, 0.6) is 0 Å². The predicted octanol–water partition coefficient (Wildman–Crippen LogP) is 4.57. The fourth-order valence-electron chi connectivity index (χ4n) is 3.03. The molecule has 6 heteroatoms. The van der Waals surface area contributed by atoms with Crippen molar-refractivity contribution in [3.8, 4) is 5.82 Å². The van der Waals surface area contributed by atoms with Crippen LogP contribution in [-0.4, -0.2) is 31.0 Å². The summed E-state index contributed by atoms with van der Waals surface area (Å²) in [5, 5.41) is 13.5. The molecule has 0 amide bonds. The molecule has 3 aromatic rings. The SMILES string of the molecule is Cc1cc(C)n(-c2ccc(SC(C)C(=O)c3cc(C)c(C)cc3C)nn2)n1. The van der Waals surface area contributed by atoms with Crippen molar-refractivity contribution in [3.05, 3.63) is 64.0 Å². The van der Waals surface area contributed by atoms with Crippen molar-refractivity contribution in [3.63, 3.8) is 0 Å². The molecule has 27 heavy (non-hydrogen) atoms. The van der Waals surface area contributed by atoms with E-state index in [4.69, 9.17) is 0 Å². The number of ketones is 1. The highest BCUT2D eigenvalue weighted by Gasteiger charge is 2.20. The Morgan fingerprint density at radius 2 is 1.67 bits per heavy atom. The number of thioether (sulfide) groups is 1. The molecule has 0 radical (unpaired) electrons. The Hall–Kier alpha value is -2.47. The highest BCUT2D eigenvalue weighted by Crippen LogP contribution is 2.26. The van der Waals surface area contributed by atoms with Crippen molar-refractivity contribution >= 4 is 17.5 Å². The Kier molecular flexibility index (Phi) is 5.46. The Morgan fingerprint density at radius 3 is 2.26 bits per heavy atom. The minimum Gasteiger partial charge on any atom is -0.293 e. The molecule has 1 unspecified atom stereocenters. The van der Waals surface area contributed by atoms with E-state index in [1.165, 1.54) is 17.3 Å². The van der Waals surface area contributed by atoms with Gasteiger partial charge in [-0.2, -0.15) is 5.10 Å². The normalized spacial score (nSPS) is 12.2. The molecule has 0 bridgehead atoms. The van der Waals surface area contributed by atoms with Crippen LogP contribution < -0.4 is 0 Å². The van der Waals surface area contributed by atoms with Gasteiger partial charge in [0.25, 0.3) is 0 Å². The molecule has 0 fully saturated rings. The average molecular weight is 381 g/mol. The molecular weight excluding hydrogens is 356 g/mol. The van der Waals surface area contributed by atoms with Crippen LogP contribution >= 0.6 is 11.8 Å². The van der Waals surface area contributed by atoms with Gasteiger partial charge in [-0.05, 0) is 82.5 Å². The summed E-state index contributed by atoms with van der Waals surface area (Å²) < 4.78 is 1.77. The predicted molar refractivity (Wildman–Crippen MR) is 109 cm³/mol. The van der Waals surface area contributed by atoms with E-state index in [9.17, 15) is 4.79 Å². The van der Waals surface area contributed by atoms with Crippen molar-refractivity contribution in [1.29, 1.82) is 0 Å². The van der Waals surface area contributed by atoms with Crippen LogP contribution in [0.2, 0.25) is 0 Å². The van der Waals surface area contributed by atoms with Crippen molar-refractivity contribution in [2.75, 3.05) is 0 Å². The Bertz CT molecular complexity index is 992. The quantitative estimate of drug-likeness (QED) is 0.479. The Morgan fingerprint density at radius 1 is 0.963 bits per heavy atom. The number of Topliss-reactive ketones (excluding diaryl/α,β-unsaturated/α-hetero) is 1. The summed E-state index contributed by atoms with van der Waals surface area (Å²) >= 11 is 1.43. The van der Waals surface area contributed by atoms with Gasteiger partial charge < -0.3 is 0 Å². The third-order valence-corrected chi connectivity index (χ3v) is 5.65. The number of carbonyl (C=O) groups excluding carboxylic acids is 1. The highest BCUT2D eigenvalue weighted by atomic mass is 32.2. The van der Waals surface area contributed by atoms with Gasteiger partial charge >= 0.3 is 0 Å². The van der Waals surface area contributed by atoms with E-state index in [2.05, 4.69) is 28.3 Å². The van der Waals surface area contributed by atoms with Crippen LogP contribution in [0.4, 0.5) is 0 Å².